The second-order valence-corrected chi connectivity index (χ2v) is 3.58. The second-order valence-electron chi connectivity index (χ2n) is 3.58. The third-order valence-corrected chi connectivity index (χ3v) is 2.44. The van der Waals surface area contributed by atoms with Crippen LogP contribution in [0, 0.1) is 11.8 Å². The number of fused-ring (bicyclic) bond motifs is 1. The van der Waals surface area contributed by atoms with Gasteiger partial charge < -0.3 is 4.98 Å². The summed E-state index contributed by atoms with van der Waals surface area (Å²) in [6, 6.07) is 11.8. The van der Waals surface area contributed by atoms with Crippen molar-refractivity contribution in [3.05, 3.63) is 60.0 Å². The summed E-state index contributed by atoms with van der Waals surface area (Å²) < 4.78 is 0. The number of pyridine rings is 1. The van der Waals surface area contributed by atoms with Crippen LogP contribution in [0.4, 0.5) is 0 Å². The lowest BCUT2D eigenvalue weighted by atomic mass is 10.2. The van der Waals surface area contributed by atoms with E-state index in [9.17, 15) is 0 Å². The van der Waals surface area contributed by atoms with Gasteiger partial charge in [-0.1, -0.05) is 30.0 Å². The molecule has 0 spiro atoms. The van der Waals surface area contributed by atoms with Gasteiger partial charge in [0.15, 0.2) is 5.65 Å². The maximum Gasteiger partial charge on any atom is 0.178 e. The van der Waals surface area contributed by atoms with Gasteiger partial charge in [0.25, 0.3) is 0 Å². The standard InChI is InChI=1S/C14H9N3/c1-2-4-11(5-3-1)6-7-12-8-9-15-14-13(12)16-10-17-14/h1-5,8-10H,(H,15,16,17). The van der Waals surface area contributed by atoms with E-state index in [2.05, 4.69) is 26.8 Å². The van der Waals surface area contributed by atoms with Gasteiger partial charge in [-0.15, -0.1) is 0 Å². The van der Waals surface area contributed by atoms with Crippen molar-refractivity contribution < 1.29 is 0 Å². The fourth-order valence-electron chi connectivity index (χ4n) is 1.61. The summed E-state index contributed by atoms with van der Waals surface area (Å²) in [4.78, 5) is 11.3. The van der Waals surface area contributed by atoms with Gasteiger partial charge in [0, 0.05) is 11.8 Å². The van der Waals surface area contributed by atoms with Crippen molar-refractivity contribution in [3.8, 4) is 11.8 Å². The minimum atomic E-state index is 0.699. The molecule has 0 saturated heterocycles. The van der Waals surface area contributed by atoms with Gasteiger partial charge in [-0.05, 0) is 18.2 Å². The van der Waals surface area contributed by atoms with Gasteiger partial charge in [-0.3, -0.25) is 0 Å². The number of nitrogens with one attached hydrogen (secondary N) is 1. The Kier molecular flexibility index (Phi) is 2.32. The van der Waals surface area contributed by atoms with Crippen molar-refractivity contribution in [2.24, 2.45) is 0 Å². The highest BCUT2D eigenvalue weighted by atomic mass is 14.9. The minimum Gasteiger partial charge on any atom is -0.342 e. The summed E-state index contributed by atoms with van der Waals surface area (Å²) in [5.41, 5.74) is 3.49. The Hall–Kier alpha value is -2.60. The van der Waals surface area contributed by atoms with Crippen molar-refractivity contribution in [1.29, 1.82) is 0 Å². The lowest BCUT2D eigenvalue weighted by Crippen LogP contribution is -1.82. The molecule has 2 aromatic heterocycles. The molecule has 0 fully saturated rings. The summed E-state index contributed by atoms with van der Waals surface area (Å²) in [6.07, 6.45) is 3.35. The van der Waals surface area contributed by atoms with Gasteiger partial charge >= 0.3 is 0 Å². The van der Waals surface area contributed by atoms with Crippen molar-refractivity contribution in [1.82, 2.24) is 15.0 Å². The Morgan fingerprint density at radius 3 is 2.71 bits per heavy atom. The zero-order chi connectivity index (χ0) is 11.5. The van der Waals surface area contributed by atoms with Gasteiger partial charge in [-0.25, -0.2) is 9.97 Å². The Bertz CT molecular complexity index is 702. The first kappa shape index (κ1) is 9.61. The van der Waals surface area contributed by atoms with Gasteiger partial charge in [0.1, 0.15) is 5.52 Å². The maximum atomic E-state index is 4.15. The van der Waals surface area contributed by atoms with E-state index >= 15 is 0 Å². The normalized spacial score (nSPS) is 9.88. The third-order valence-electron chi connectivity index (χ3n) is 2.44. The number of rotatable bonds is 0. The average molecular weight is 219 g/mol. The molecule has 0 atom stereocenters. The molecule has 0 saturated carbocycles. The third kappa shape index (κ3) is 1.88. The zero-order valence-corrected chi connectivity index (χ0v) is 9.01. The smallest absolute Gasteiger partial charge is 0.178 e. The molecule has 0 bridgehead atoms. The highest BCUT2D eigenvalue weighted by Crippen LogP contribution is 2.10. The monoisotopic (exact) mass is 219 g/mol. The largest absolute Gasteiger partial charge is 0.342 e. The van der Waals surface area contributed by atoms with Crippen LogP contribution < -0.4 is 0 Å². The van der Waals surface area contributed by atoms with Crippen LogP contribution in [0.2, 0.25) is 0 Å². The molecule has 0 radical (unpaired) electrons. The number of aromatic amines is 1. The minimum absolute atomic E-state index is 0.699. The molecule has 1 N–H and O–H groups in total. The number of hydrogen-bond acceptors (Lipinski definition) is 2. The van der Waals surface area contributed by atoms with E-state index < -0.39 is 0 Å². The van der Waals surface area contributed by atoms with Crippen LogP contribution in [0.15, 0.2) is 48.9 Å². The first-order valence-corrected chi connectivity index (χ1v) is 5.28. The van der Waals surface area contributed by atoms with E-state index in [1.807, 2.05) is 36.4 Å². The van der Waals surface area contributed by atoms with E-state index in [1.165, 1.54) is 0 Å². The molecule has 0 unspecified atom stereocenters. The van der Waals surface area contributed by atoms with Crippen LogP contribution in [0.1, 0.15) is 11.1 Å². The molecule has 3 aromatic rings. The molecule has 0 aliphatic heterocycles. The topological polar surface area (TPSA) is 41.6 Å². The number of hydrogen-bond donors (Lipinski definition) is 1. The molecular weight excluding hydrogens is 210 g/mol. The fraction of sp³-hybridized carbons (Fsp3) is 0. The van der Waals surface area contributed by atoms with E-state index in [4.69, 9.17) is 0 Å². The fourth-order valence-corrected chi connectivity index (χ4v) is 1.61. The predicted octanol–water partition coefficient (Wildman–Crippen LogP) is 2.36. The summed E-state index contributed by atoms with van der Waals surface area (Å²) in [6.45, 7) is 0. The van der Waals surface area contributed by atoms with Crippen LogP contribution in [0.25, 0.3) is 11.2 Å². The van der Waals surface area contributed by atoms with Crippen LogP contribution in [-0.4, -0.2) is 15.0 Å². The van der Waals surface area contributed by atoms with Crippen LogP contribution in [0.5, 0.6) is 0 Å². The van der Waals surface area contributed by atoms with Crippen LogP contribution in [0.3, 0.4) is 0 Å². The highest BCUT2D eigenvalue weighted by molar-refractivity contribution is 5.77. The average Bonchev–Trinajstić information content (AvgIpc) is 2.86. The quantitative estimate of drug-likeness (QED) is 0.590. The zero-order valence-electron chi connectivity index (χ0n) is 9.01. The number of H-pyrrole nitrogens is 1. The molecule has 0 amide bonds. The Labute approximate surface area is 98.5 Å². The predicted molar refractivity (Wildman–Crippen MR) is 66.3 cm³/mol. The van der Waals surface area contributed by atoms with E-state index in [0.717, 1.165) is 16.6 Å². The SMILES string of the molecule is C(#Cc1ccnc2nc[nH]c12)c1ccccc1. The lowest BCUT2D eigenvalue weighted by Gasteiger charge is -1.92. The molecule has 1 aromatic carbocycles. The van der Waals surface area contributed by atoms with Crippen LogP contribution in [-0.2, 0) is 0 Å². The number of benzene rings is 1. The second kappa shape index (κ2) is 4.11. The van der Waals surface area contributed by atoms with E-state index in [1.54, 1.807) is 12.5 Å². The molecule has 0 aliphatic carbocycles. The van der Waals surface area contributed by atoms with Crippen molar-refractivity contribution >= 4 is 11.2 Å². The molecule has 0 aliphatic rings. The molecule has 80 valence electrons. The van der Waals surface area contributed by atoms with Gasteiger partial charge in [0.2, 0.25) is 0 Å². The van der Waals surface area contributed by atoms with E-state index in [-0.39, 0.29) is 0 Å². The molecule has 17 heavy (non-hydrogen) atoms. The molecule has 2 heterocycles. The summed E-state index contributed by atoms with van der Waals surface area (Å²) in [7, 11) is 0. The Morgan fingerprint density at radius 2 is 1.82 bits per heavy atom. The van der Waals surface area contributed by atoms with Crippen molar-refractivity contribution in [3.63, 3.8) is 0 Å². The van der Waals surface area contributed by atoms with Gasteiger partial charge in [0.05, 0.1) is 11.9 Å². The first-order valence-electron chi connectivity index (χ1n) is 5.28. The highest BCUT2D eigenvalue weighted by Gasteiger charge is 2.00. The molecular formula is C14H9N3. The summed E-state index contributed by atoms with van der Waals surface area (Å²) in [5, 5.41) is 0. The number of imidazole rings is 1. The first-order chi connectivity index (χ1) is 8.43. The van der Waals surface area contributed by atoms with Crippen molar-refractivity contribution in [2.75, 3.05) is 0 Å². The van der Waals surface area contributed by atoms with Gasteiger partial charge in [-0.2, -0.15) is 0 Å². The lowest BCUT2D eigenvalue weighted by molar-refractivity contribution is 1.30. The number of nitrogens with zero attached hydrogens (tertiary/aromatic N) is 2. The summed E-state index contributed by atoms with van der Waals surface area (Å²) in [5.74, 6) is 6.25. The number of aromatic nitrogens is 3. The Morgan fingerprint density at radius 1 is 0.941 bits per heavy atom. The van der Waals surface area contributed by atoms with Crippen LogP contribution >= 0.6 is 0 Å². The Balaban J connectivity index is 2.06. The van der Waals surface area contributed by atoms with Crippen molar-refractivity contribution in [2.45, 2.75) is 0 Å². The maximum absolute atomic E-state index is 4.15. The molecule has 3 heteroatoms. The summed E-state index contributed by atoms with van der Waals surface area (Å²) >= 11 is 0. The van der Waals surface area contributed by atoms with E-state index in [0.29, 0.717) is 5.65 Å². The molecule has 3 nitrogen and oxygen atoms in total. The molecule has 3 rings (SSSR count).